The number of nitrogens with one attached hydrogen (secondary N) is 1. The van der Waals surface area contributed by atoms with Gasteiger partial charge in [-0.25, -0.2) is 9.97 Å². The number of aryl methyl sites for hydroxylation is 1. The smallest absolute Gasteiger partial charge is 0.225 e. The molecule has 0 saturated carbocycles. The molecule has 4 nitrogen and oxygen atoms in total. The van der Waals surface area contributed by atoms with Gasteiger partial charge in [0.05, 0.1) is 5.39 Å². The quantitative estimate of drug-likeness (QED) is 0.824. The van der Waals surface area contributed by atoms with E-state index in [1.165, 1.54) is 4.88 Å². The third-order valence-corrected chi connectivity index (χ3v) is 4.70. The molecule has 2 aromatic rings. The van der Waals surface area contributed by atoms with Gasteiger partial charge in [0.2, 0.25) is 5.28 Å². The Kier molecular flexibility index (Phi) is 5.18. The highest BCUT2D eigenvalue weighted by Crippen LogP contribution is 2.29. The molecule has 0 saturated heterocycles. The van der Waals surface area contributed by atoms with Crippen LogP contribution >= 0.6 is 22.9 Å². The molecular formula is C14H21ClN4S. The van der Waals surface area contributed by atoms with Gasteiger partial charge < -0.3 is 10.2 Å². The summed E-state index contributed by atoms with van der Waals surface area (Å²) in [5.74, 6) is 0.835. The summed E-state index contributed by atoms with van der Waals surface area (Å²) in [7, 11) is 2.15. The maximum Gasteiger partial charge on any atom is 0.225 e. The van der Waals surface area contributed by atoms with Crippen molar-refractivity contribution >= 4 is 39.0 Å². The van der Waals surface area contributed by atoms with Gasteiger partial charge in [0, 0.05) is 24.0 Å². The van der Waals surface area contributed by atoms with Gasteiger partial charge in [0.1, 0.15) is 10.6 Å². The van der Waals surface area contributed by atoms with Crippen LogP contribution in [0.3, 0.4) is 0 Å². The summed E-state index contributed by atoms with van der Waals surface area (Å²) in [5, 5.41) is 4.74. The Bertz CT molecular complexity index is 584. The first-order valence-electron chi connectivity index (χ1n) is 6.89. The van der Waals surface area contributed by atoms with Crippen LogP contribution in [0.1, 0.15) is 25.1 Å². The number of aromatic nitrogens is 2. The van der Waals surface area contributed by atoms with E-state index in [-0.39, 0.29) is 0 Å². The van der Waals surface area contributed by atoms with Gasteiger partial charge in [0.25, 0.3) is 0 Å². The van der Waals surface area contributed by atoms with E-state index in [0.717, 1.165) is 35.5 Å². The molecule has 0 bridgehead atoms. The number of rotatable bonds is 6. The SMILES string of the molecule is CCC(C)N(C)CCNc1nc(Cl)nc2sc(C)cc12. The second kappa shape index (κ2) is 6.70. The Morgan fingerprint density at radius 2 is 2.20 bits per heavy atom. The summed E-state index contributed by atoms with van der Waals surface area (Å²) in [5.41, 5.74) is 0. The van der Waals surface area contributed by atoms with E-state index in [2.05, 4.69) is 54.1 Å². The normalized spacial score (nSPS) is 13.1. The highest BCUT2D eigenvalue weighted by Gasteiger charge is 2.10. The predicted molar refractivity (Wildman–Crippen MR) is 88.0 cm³/mol. The fourth-order valence-corrected chi connectivity index (χ4v) is 3.13. The van der Waals surface area contributed by atoms with Gasteiger partial charge in [-0.1, -0.05) is 6.92 Å². The van der Waals surface area contributed by atoms with Gasteiger partial charge in [0.15, 0.2) is 0 Å². The number of fused-ring (bicyclic) bond motifs is 1. The first-order chi connectivity index (χ1) is 9.51. The molecule has 2 aromatic heterocycles. The molecule has 110 valence electrons. The van der Waals surface area contributed by atoms with Crippen LogP contribution < -0.4 is 5.32 Å². The van der Waals surface area contributed by atoms with Crippen molar-refractivity contribution in [2.75, 3.05) is 25.5 Å². The van der Waals surface area contributed by atoms with Crippen molar-refractivity contribution in [2.45, 2.75) is 33.2 Å². The highest BCUT2D eigenvalue weighted by atomic mass is 35.5. The van der Waals surface area contributed by atoms with E-state index in [0.29, 0.717) is 11.3 Å². The molecule has 0 amide bonds. The monoisotopic (exact) mass is 312 g/mol. The summed E-state index contributed by atoms with van der Waals surface area (Å²) >= 11 is 7.62. The summed E-state index contributed by atoms with van der Waals surface area (Å²) in [6, 6.07) is 2.70. The molecule has 0 radical (unpaired) electrons. The molecule has 0 aliphatic heterocycles. The third kappa shape index (κ3) is 3.59. The van der Waals surface area contributed by atoms with Crippen LogP contribution in [0.4, 0.5) is 5.82 Å². The zero-order valence-electron chi connectivity index (χ0n) is 12.4. The number of hydrogen-bond donors (Lipinski definition) is 1. The number of hydrogen-bond acceptors (Lipinski definition) is 5. The number of thiophene rings is 1. The fraction of sp³-hybridized carbons (Fsp3) is 0.571. The second-order valence-corrected chi connectivity index (χ2v) is 6.65. The Morgan fingerprint density at radius 3 is 2.90 bits per heavy atom. The molecule has 0 spiro atoms. The minimum Gasteiger partial charge on any atom is -0.368 e. The minimum atomic E-state index is 0.303. The summed E-state index contributed by atoms with van der Waals surface area (Å²) in [6.45, 7) is 8.33. The van der Waals surface area contributed by atoms with E-state index in [1.807, 2.05) is 0 Å². The lowest BCUT2D eigenvalue weighted by molar-refractivity contribution is 0.261. The Labute approximate surface area is 129 Å². The Hall–Kier alpha value is -0.910. The van der Waals surface area contributed by atoms with Crippen molar-refractivity contribution in [1.29, 1.82) is 0 Å². The minimum absolute atomic E-state index is 0.303. The van der Waals surface area contributed by atoms with E-state index in [1.54, 1.807) is 11.3 Å². The van der Waals surface area contributed by atoms with Gasteiger partial charge in [-0.3, -0.25) is 0 Å². The number of nitrogens with zero attached hydrogens (tertiary/aromatic N) is 3. The van der Waals surface area contributed by atoms with Crippen LogP contribution in [-0.4, -0.2) is 41.0 Å². The molecule has 6 heteroatoms. The molecule has 0 aromatic carbocycles. The topological polar surface area (TPSA) is 41.0 Å². The first-order valence-corrected chi connectivity index (χ1v) is 8.08. The van der Waals surface area contributed by atoms with Crippen LogP contribution in [0.5, 0.6) is 0 Å². The lowest BCUT2D eigenvalue weighted by Gasteiger charge is -2.23. The van der Waals surface area contributed by atoms with Gasteiger partial charge in [-0.05, 0) is 45.0 Å². The van der Waals surface area contributed by atoms with Crippen LogP contribution in [-0.2, 0) is 0 Å². The second-order valence-electron chi connectivity index (χ2n) is 5.08. The molecule has 2 heterocycles. The largest absolute Gasteiger partial charge is 0.368 e. The lowest BCUT2D eigenvalue weighted by atomic mass is 10.2. The van der Waals surface area contributed by atoms with Crippen molar-refractivity contribution in [3.8, 4) is 0 Å². The summed E-state index contributed by atoms with van der Waals surface area (Å²) in [4.78, 5) is 13.1. The maximum absolute atomic E-state index is 5.98. The molecule has 20 heavy (non-hydrogen) atoms. The van der Waals surface area contributed by atoms with E-state index in [9.17, 15) is 0 Å². The van der Waals surface area contributed by atoms with Crippen molar-refractivity contribution in [2.24, 2.45) is 0 Å². The standard InChI is InChI=1S/C14H21ClN4S/c1-5-9(2)19(4)7-6-16-12-11-8-10(3)20-13(11)18-14(15)17-12/h8-9H,5-7H2,1-4H3,(H,16,17,18). The van der Waals surface area contributed by atoms with Gasteiger partial charge in [-0.15, -0.1) is 11.3 Å². The predicted octanol–water partition coefficient (Wildman–Crippen LogP) is 3.80. The average Bonchev–Trinajstić information content (AvgIpc) is 2.77. The van der Waals surface area contributed by atoms with E-state index in [4.69, 9.17) is 11.6 Å². The Balaban J connectivity index is 2.06. The van der Waals surface area contributed by atoms with Crippen molar-refractivity contribution < 1.29 is 0 Å². The molecule has 1 N–H and O–H groups in total. The zero-order chi connectivity index (χ0) is 14.7. The molecule has 0 fully saturated rings. The van der Waals surface area contributed by atoms with Crippen LogP contribution in [0, 0.1) is 6.92 Å². The molecule has 0 aliphatic carbocycles. The average molecular weight is 313 g/mol. The van der Waals surface area contributed by atoms with Gasteiger partial charge in [-0.2, -0.15) is 0 Å². The number of likely N-dealkylation sites (N-methyl/N-ethyl adjacent to an activating group) is 1. The van der Waals surface area contributed by atoms with E-state index < -0.39 is 0 Å². The number of anilines is 1. The van der Waals surface area contributed by atoms with Crippen LogP contribution in [0.2, 0.25) is 5.28 Å². The van der Waals surface area contributed by atoms with Crippen LogP contribution in [0.15, 0.2) is 6.07 Å². The summed E-state index contributed by atoms with van der Waals surface area (Å²) < 4.78 is 0. The highest BCUT2D eigenvalue weighted by molar-refractivity contribution is 7.18. The molecular weight excluding hydrogens is 292 g/mol. The molecule has 0 aliphatic rings. The van der Waals surface area contributed by atoms with Crippen molar-refractivity contribution in [3.63, 3.8) is 0 Å². The lowest BCUT2D eigenvalue weighted by Crippen LogP contribution is -2.32. The first kappa shape index (κ1) is 15.5. The van der Waals surface area contributed by atoms with Crippen molar-refractivity contribution in [3.05, 3.63) is 16.2 Å². The van der Waals surface area contributed by atoms with Crippen molar-refractivity contribution in [1.82, 2.24) is 14.9 Å². The third-order valence-electron chi connectivity index (χ3n) is 3.59. The van der Waals surface area contributed by atoms with Crippen LogP contribution in [0.25, 0.3) is 10.2 Å². The molecule has 1 unspecified atom stereocenters. The summed E-state index contributed by atoms with van der Waals surface area (Å²) in [6.07, 6.45) is 1.16. The maximum atomic E-state index is 5.98. The number of halogens is 1. The van der Waals surface area contributed by atoms with E-state index >= 15 is 0 Å². The molecule has 2 rings (SSSR count). The zero-order valence-corrected chi connectivity index (χ0v) is 14.0. The van der Waals surface area contributed by atoms with Gasteiger partial charge >= 0.3 is 0 Å². The molecule has 1 atom stereocenters. The Morgan fingerprint density at radius 1 is 1.45 bits per heavy atom. The fourth-order valence-electron chi connectivity index (χ4n) is 2.03.